The topological polar surface area (TPSA) is 37.8 Å². The van der Waals surface area contributed by atoms with Crippen molar-refractivity contribution in [2.24, 2.45) is 0 Å². The molecule has 1 unspecified atom stereocenters. The second-order valence-corrected chi connectivity index (χ2v) is 8.18. The van der Waals surface area contributed by atoms with Gasteiger partial charge in [-0.3, -0.25) is 0 Å². The van der Waals surface area contributed by atoms with Gasteiger partial charge in [0, 0.05) is 29.9 Å². The number of halogens is 1. The minimum absolute atomic E-state index is 0.398. The van der Waals surface area contributed by atoms with E-state index in [0.717, 1.165) is 32.2 Å². The molecule has 1 fully saturated rings. The third-order valence-corrected chi connectivity index (χ3v) is 7.03. The summed E-state index contributed by atoms with van der Waals surface area (Å²) in [7, 11) is 1.92. The second kappa shape index (κ2) is 7.19. The molecular formula is C15H16IN3S2. The van der Waals surface area contributed by atoms with E-state index < -0.39 is 0 Å². The molecular weight excluding hydrogens is 413 g/mol. The molecule has 2 heterocycles. The lowest BCUT2D eigenvalue weighted by Gasteiger charge is -2.21. The average molecular weight is 429 g/mol. The van der Waals surface area contributed by atoms with Crippen molar-refractivity contribution < 1.29 is 0 Å². The zero-order chi connectivity index (χ0) is 14.7. The van der Waals surface area contributed by atoms with E-state index in [1.165, 1.54) is 11.5 Å². The van der Waals surface area contributed by atoms with E-state index in [-0.39, 0.29) is 0 Å². The third kappa shape index (κ3) is 3.48. The van der Waals surface area contributed by atoms with Crippen LogP contribution in [0.1, 0.15) is 11.1 Å². The Kier molecular flexibility index (Phi) is 5.29. The first kappa shape index (κ1) is 15.4. The number of thioether (sulfide) groups is 2. The Balaban J connectivity index is 2.06. The number of aromatic nitrogens is 2. The predicted octanol–water partition coefficient (Wildman–Crippen LogP) is 4.31. The maximum Gasteiger partial charge on any atom is 0.145 e. The van der Waals surface area contributed by atoms with Gasteiger partial charge >= 0.3 is 0 Å². The van der Waals surface area contributed by atoms with E-state index in [1.807, 2.05) is 36.6 Å². The summed E-state index contributed by atoms with van der Waals surface area (Å²) in [5, 5.41) is 3.61. The molecule has 2 aromatic rings. The number of anilines is 1. The number of hydrogen-bond acceptors (Lipinski definition) is 5. The first-order chi connectivity index (χ1) is 10.3. The Hall–Kier alpha value is -0.470. The molecule has 0 bridgehead atoms. The Labute approximate surface area is 147 Å². The lowest BCUT2D eigenvalue weighted by Crippen LogP contribution is -2.13. The van der Waals surface area contributed by atoms with Gasteiger partial charge in [0.1, 0.15) is 11.6 Å². The summed E-state index contributed by atoms with van der Waals surface area (Å²) in [6.07, 6.45) is 0. The van der Waals surface area contributed by atoms with E-state index >= 15 is 0 Å². The molecule has 21 heavy (non-hydrogen) atoms. The van der Waals surface area contributed by atoms with Gasteiger partial charge in [0.15, 0.2) is 0 Å². The Morgan fingerprint density at radius 1 is 1.19 bits per heavy atom. The molecule has 1 N–H and O–H groups in total. The van der Waals surface area contributed by atoms with E-state index in [0.29, 0.717) is 5.25 Å². The highest BCUT2D eigenvalue weighted by molar-refractivity contribution is 14.1. The van der Waals surface area contributed by atoms with Gasteiger partial charge in [-0.15, -0.1) is 11.8 Å². The van der Waals surface area contributed by atoms with Gasteiger partial charge in [0.05, 0.1) is 14.5 Å². The normalized spacial score (nSPS) is 18.5. The molecule has 6 heteroatoms. The van der Waals surface area contributed by atoms with Gasteiger partial charge in [-0.1, -0.05) is 30.3 Å². The Morgan fingerprint density at radius 3 is 2.67 bits per heavy atom. The van der Waals surface area contributed by atoms with Crippen molar-refractivity contribution in [3.63, 3.8) is 0 Å². The van der Waals surface area contributed by atoms with Crippen LogP contribution in [-0.4, -0.2) is 34.3 Å². The SMILES string of the molecule is CNc1nc(C2CSCCS2)nc(-c2ccccc2)c1I. The number of hydrogen-bond donors (Lipinski definition) is 1. The minimum Gasteiger partial charge on any atom is -0.372 e. The fourth-order valence-electron chi connectivity index (χ4n) is 2.20. The standard InChI is InChI=1S/C15H16IN3S2/c1-17-15-12(16)13(10-5-3-2-4-6-10)18-14(19-15)11-9-20-7-8-21-11/h2-6,11H,7-9H2,1H3,(H,17,18,19). The number of benzene rings is 1. The van der Waals surface area contributed by atoms with E-state index in [1.54, 1.807) is 0 Å². The minimum atomic E-state index is 0.398. The van der Waals surface area contributed by atoms with E-state index in [4.69, 9.17) is 9.97 Å². The molecule has 0 spiro atoms. The van der Waals surface area contributed by atoms with Crippen LogP contribution in [0.5, 0.6) is 0 Å². The van der Waals surface area contributed by atoms with Gasteiger partial charge < -0.3 is 5.32 Å². The maximum atomic E-state index is 4.88. The highest BCUT2D eigenvalue weighted by Gasteiger charge is 2.22. The van der Waals surface area contributed by atoms with Crippen LogP contribution in [0.15, 0.2) is 30.3 Å². The number of nitrogens with one attached hydrogen (secondary N) is 1. The van der Waals surface area contributed by atoms with Crippen LogP contribution in [0.25, 0.3) is 11.3 Å². The molecule has 0 radical (unpaired) electrons. The van der Waals surface area contributed by atoms with Crippen molar-refractivity contribution >= 4 is 51.9 Å². The van der Waals surface area contributed by atoms with Crippen LogP contribution >= 0.6 is 46.1 Å². The first-order valence-corrected chi connectivity index (χ1v) is 10.1. The van der Waals surface area contributed by atoms with Crippen LogP contribution in [0.2, 0.25) is 0 Å². The lowest BCUT2D eigenvalue weighted by molar-refractivity contribution is 0.924. The number of rotatable bonds is 3. The lowest BCUT2D eigenvalue weighted by atomic mass is 10.1. The van der Waals surface area contributed by atoms with Gasteiger partial charge in [-0.2, -0.15) is 11.8 Å². The summed E-state index contributed by atoms with van der Waals surface area (Å²) >= 11 is 6.30. The summed E-state index contributed by atoms with van der Waals surface area (Å²) in [6, 6.07) is 10.4. The van der Waals surface area contributed by atoms with Crippen LogP contribution in [0, 0.1) is 3.57 Å². The van der Waals surface area contributed by atoms with Crippen molar-refractivity contribution in [1.82, 2.24) is 9.97 Å². The highest BCUT2D eigenvalue weighted by Crippen LogP contribution is 2.37. The molecule has 110 valence electrons. The smallest absolute Gasteiger partial charge is 0.145 e. The molecule has 1 aromatic heterocycles. The van der Waals surface area contributed by atoms with E-state index in [2.05, 4.69) is 52.2 Å². The van der Waals surface area contributed by atoms with Crippen molar-refractivity contribution in [1.29, 1.82) is 0 Å². The zero-order valence-corrected chi connectivity index (χ0v) is 15.5. The molecule has 0 saturated carbocycles. The van der Waals surface area contributed by atoms with Crippen LogP contribution in [0.4, 0.5) is 5.82 Å². The molecule has 1 atom stereocenters. The average Bonchev–Trinajstić information content (AvgIpc) is 2.56. The predicted molar refractivity (Wildman–Crippen MR) is 102 cm³/mol. The number of nitrogens with zero attached hydrogens (tertiary/aromatic N) is 2. The van der Waals surface area contributed by atoms with Crippen molar-refractivity contribution in [3.05, 3.63) is 39.7 Å². The summed E-state index contributed by atoms with van der Waals surface area (Å²) in [4.78, 5) is 9.62. The Bertz CT molecular complexity index is 616. The molecule has 1 aliphatic rings. The monoisotopic (exact) mass is 429 g/mol. The zero-order valence-electron chi connectivity index (χ0n) is 11.7. The fraction of sp³-hybridized carbons (Fsp3) is 0.333. The largest absolute Gasteiger partial charge is 0.372 e. The maximum absolute atomic E-state index is 4.88. The van der Waals surface area contributed by atoms with Crippen LogP contribution in [0.3, 0.4) is 0 Å². The van der Waals surface area contributed by atoms with Gasteiger partial charge in [-0.25, -0.2) is 9.97 Å². The van der Waals surface area contributed by atoms with Gasteiger partial charge in [-0.05, 0) is 22.6 Å². The van der Waals surface area contributed by atoms with E-state index in [9.17, 15) is 0 Å². The van der Waals surface area contributed by atoms with Crippen molar-refractivity contribution in [2.75, 3.05) is 29.6 Å². The summed E-state index contributed by atoms with van der Waals surface area (Å²) in [6.45, 7) is 0. The summed E-state index contributed by atoms with van der Waals surface area (Å²) in [5.41, 5.74) is 2.18. The highest BCUT2D eigenvalue weighted by atomic mass is 127. The Morgan fingerprint density at radius 2 is 2.00 bits per heavy atom. The van der Waals surface area contributed by atoms with Crippen molar-refractivity contribution in [3.8, 4) is 11.3 Å². The molecule has 3 nitrogen and oxygen atoms in total. The molecule has 1 aromatic carbocycles. The molecule has 0 amide bonds. The summed E-state index contributed by atoms with van der Waals surface area (Å²) in [5.74, 6) is 5.39. The molecule has 1 aliphatic heterocycles. The van der Waals surface area contributed by atoms with Gasteiger partial charge in [0.25, 0.3) is 0 Å². The van der Waals surface area contributed by atoms with Crippen LogP contribution in [-0.2, 0) is 0 Å². The molecule has 3 rings (SSSR count). The molecule has 1 saturated heterocycles. The second-order valence-electron chi connectivity index (χ2n) is 4.64. The van der Waals surface area contributed by atoms with Crippen LogP contribution < -0.4 is 5.32 Å². The van der Waals surface area contributed by atoms with Crippen molar-refractivity contribution in [2.45, 2.75) is 5.25 Å². The van der Waals surface area contributed by atoms with Gasteiger partial charge in [0.2, 0.25) is 0 Å². The molecule has 0 aliphatic carbocycles. The summed E-state index contributed by atoms with van der Waals surface area (Å²) < 4.78 is 1.08. The fourth-order valence-corrected chi connectivity index (χ4v) is 5.62. The quantitative estimate of drug-likeness (QED) is 0.737. The third-order valence-electron chi connectivity index (χ3n) is 3.26. The first-order valence-electron chi connectivity index (χ1n) is 6.79.